The number of amides is 1. The van der Waals surface area contributed by atoms with Crippen molar-refractivity contribution in [2.75, 3.05) is 26.1 Å². The van der Waals surface area contributed by atoms with Crippen LogP contribution >= 0.6 is 11.3 Å². The first-order valence-electron chi connectivity index (χ1n) is 9.14. The number of carbonyl (C=O) groups is 1. The molecule has 9 heteroatoms. The predicted molar refractivity (Wildman–Crippen MR) is 115 cm³/mol. The van der Waals surface area contributed by atoms with E-state index in [2.05, 4.69) is 15.4 Å². The second kappa shape index (κ2) is 8.42. The Labute approximate surface area is 177 Å². The number of rotatable bonds is 7. The molecule has 0 saturated carbocycles. The molecule has 0 saturated heterocycles. The molecule has 2 heterocycles. The minimum absolute atomic E-state index is 0.144. The van der Waals surface area contributed by atoms with E-state index in [0.29, 0.717) is 22.4 Å². The van der Waals surface area contributed by atoms with Crippen molar-refractivity contribution in [3.05, 3.63) is 54.2 Å². The van der Waals surface area contributed by atoms with Gasteiger partial charge in [-0.3, -0.25) is 4.79 Å². The normalized spacial score (nSPS) is 10.8. The lowest BCUT2D eigenvalue weighted by Gasteiger charge is -2.09. The summed E-state index contributed by atoms with van der Waals surface area (Å²) >= 11 is 1.48. The highest BCUT2D eigenvalue weighted by atomic mass is 32.1. The summed E-state index contributed by atoms with van der Waals surface area (Å²) in [6.07, 6.45) is 0. The lowest BCUT2D eigenvalue weighted by molar-refractivity contribution is -0.118. The molecule has 0 fully saturated rings. The zero-order valence-electron chi connectivity index (χ0n) is 16.7. The fourth-order valence-corrected chi connectivity index (χ4v) is 3.78. The van der Waals surface area contributed by atoms with Crippen molar-refractivity contribution >= 4 is 33.3 Å². The SMILES string of the molecule is COc1cccc(OCC(=O)Nc2cc(C)nn2-c2nc3cc(OC)ccc3s2)c1. The number of thiazole rings is 1. The number of ether oxygens (including phenoxy) is 3. The molecule has 2 aromatic carbocycles. The molecule has 0 unspecified atom stereocenters. The van der Waals surface area contributed by atoms with E-state index in [-0.39, 0.29) is 12.5 Å². The van der Waals surface area contributed by atoms with Gasteiger partial charge >= 0.3 is 0 Å². The molecule has 154 valence electrons. The summed E-state index contributed by atoms with van der Waals surface area (Å²) in [7, 11) is 3.19. The molecule has 0 atom stereocenters. The van der Waals surface area contributed by atoms with Gasteiger partial charge in [-0.2, -0.15) is 9.78 Å². The Bertz CT molecular complexity index is 1200. The van der Waals surface area contributed by atoms with E-state index in [1.807, 2.05) is 31.2 Å². The zero-order valence-corrected chi connectivity index (χ0v) is 17.5. The van der Waals surface area contributed by atoms with Gasteiger partial charge in [0.2, 0.25) is 5.13 Å². The minimum atomic E-state index is -0.304. The van der Waals surface area contributed by atoms with Crippen LogP contribution in [0, 0.1) is 6.92 Å². The Kier molecular flexibility index (Phi) is 5.53. The molecule has 4 rings (SSSR count). The van der Waals surface area contributed by atoms with Crippen molar-refractivity contribution < 1.29 is 19.0 Å². The molecule has 0 aliphatic rings. The van der Waals surface area contributed by atoms with Crippen LogP contribution in [0.3, 0.4) is 0 Å². The average Bonchev–Trinajstić information content (AvgIpc) is 3.34. The smallest absolute Gasteiger partial charge is 0.263 e. The van der Waals surface area contributed by atoms with Gasteiger partial charge in [-0.25, -0.2) is 4.98 Å². The van der Waals surface area contributed by atoms with Crippen molar-refractivity contribution in [3.63, 3.8) is 0 Å². The highest BCUT2D eigenvalue weighted by Crippen LogP contribution is 2.29. The number of hydrogen-bond donors (Lipinski definition) is 1. The molecule has 0 bridgehead atoms. The van der Waals surface area contributed by atoms with Crippen LogP contribution in [0.15, 0.2) is 48.5 Å². The maximum Gasteiger partial charge on any atom is 0.263 e. The van der Waals surface area contributed by atoms with Crippen LogP contribution < -0.4 is 19.5 Å². The van der Waals surface area contributed by atoms with E-state index in [9.17, 15) is 4.79 Å². The number of nitrogens with one attached hydrogen (secondary N) is 1. The van der Waals surface area contributed by atoms with Crippen LogP contribution in [0.2, 0.25) is 0 Å². The summed E-state index contributed by atoms with van der Waals surface area (Å²) in [5.74, 6) is 2.17. The largest absolute Gasteiger partial charge is 0.497 e. The highest BCUT2D eigenvalue weighted by molar-refractivity contribution is 7.20. The number of anilines is 1. The topological polar surface area (TPSA) is 87.5 Å². The Morgan fingerprint density at radius 2 is 1.83 bits per heavy atom. The summed E-state index contributed by atoms with van der Waals surface area (Å²) in [5.41, 5.74) is 1.57. The van der Waals surface area contributed by atoms with Crippen LogP contribution in [0.25, 0.3) is 15.3 Å². The quantitative estimate of drug-likeness (QED) is 0.485. The lowest BCUT2D eigenvalue weighted by atomic mass is 10.3. The van der Waals surface area contributed by atoms with Crippen molar-refractivity contribution in [2.24, 2.45) is 0 Å². The minimum Gasteiger partial charge on any atom is -0.497 e. The van der Waals surface area contributed by atoms with Crippen molar-refractivity contribution in [1.82, 2.24) is 14.8 Å². The summed E-state index contributed by atoms with van der Waals surface area (Å²) in [6, 6.07) is 14.6. The number of fused-ring (bicyclic) bond motifs is 1. The monoisotopic (exact) mass is 424 g/mol. The van der Waals surface area contributed by atoms with Gasteiger partial charge in [-0.1, -0.05) is 17.4 Å². The van der Waals surface area contributed by atoms with Gasteiger partial charge in [0.15, 0.2) is 6.61 Å². The Balaban J connectivity index is 1.51. The van der Waals surface area contributed by atoms with Crippen molar-refractivity contribution in [2.45, 2.75) is 6.92 Å². The van der Waals surface area contributed by atoms with E-state index in [1.165, 1.54) is 11.3 Å². The molecule has 1 N–H and O–H groups in total. The van der Waals surface area contributed by atoms with Crippen LogP contribution in [-0.4, -0.2) is 41.5 Å². The van der Waals surface area contributed by atoms with Crippen LogP contribution in [0.1, 0.15) is 5.69 Å². The molecule has 0 radical (unpaired) electrons. The number of aromatic nitrogens is 3. The maximum absolute atomic E-state index is 12.4. The molecule has 0 aliphatic heterocycles. The number of hydrogen-bond acceptors (Lipinski definition) is 7. The number of methoxy groups -OCH3 is 2. The molecule has 2 aromatic heterocycles. The van der Waals surface area contributed by atoms with Crippen LogP contribution in [-0.2, 0) is 4.79 Å². The highest BCUT2D eigenvalue weighted by Gasteiger charge is 2.15. The molecule has 0 aliphatic carbocycles. The molecule has 8 nitrogen and oxygen atoms in total. The molecular weight excluding hydrogens is 404 g/mol. The van der Waals surface area contributed by atoms with Gasteiger partial charge in [0, 0.05) is 18.2 Å². The summed E-state index contributed by atoms with van der Waals surface area (Å²) in [4.78, 5) is 17.1. The van der Waals surface area contributed by atoms with Gasteiger partial charge in [0.25, 0.3) is 5.91 Å². The Morgan fingerprint density at radius 1 is 1.07 bits per heavy atom. The number of benzene rings is 2. The van der Waals surface area contributed by atoms with Gasteiger partial charge in [0.05, 0.1) is 30.1 Å². The molecule has 4 aromatic rings. The first-order valence-corrected chi connectivity index (χ1v) is 9.95. The van der Waals surface area contributed by atoms with Gasteiger partial charge in [-0.15, -0.1) is 0 Å². The molecule has 0 spiro atoms. The first-order chi connectivity index (χ1) is 14.6. The van der Waals surface area contributed by atoms with E-state index < -0.39 is 0 Å². The Morgan fingerprint density at radius 3 is 2.63 bits per heavy atom. The van der Waals surface area contributed by atoms with E-state index in [0.717, 1.165) is 21.7 Å². The second-order valence-electron chi connectivity index (χ2n) is 6.43. The third-order valence-electron chi connectivity index (χ3n) is 4.27. The second-order valence-corrected chi connectivity index (χ2v) is 7.44. The lowest BCUT2D eigenvalue weighted by Crippen LogP contribution is -2.21. The standard InChI is InChI=1S/C21H20N4O4S/c1-13-9-19(23-20(26)12-29-16-6-4-5-14(10-16)27-2)25(24-13)21-22-17-11-15(28-3)7-8-18(17)30-21/h4-11H,12H2,1-3H3,(H,23,26). The van der Waals surface area contributed by atoms with E-state index >= 15 is 0 Å². The first kappa shape index (κ1) is 19.7. The number of aryl methyl sites for hydroxylation is 1. The molecule has 30 heavy (non-hydrogen) atoms. The Hall–Kier alpha value is -3.59. The predicted octanol–water partition coefficient (Wildman–Crippen LogP) is 3.83. The van der Waals surface area contributed by atoms with Crippen molar-refractivity contribution in [3.8, 4) is 22.4 Å². The van der Waals surface area contributed by atoms with Crippen LogP contribution in [0.4, 0.5) is 5.82 Å². The summed E-state index contributed by atoms with van der Waals surface area (Å²) in [6.45, 7) is 1.71. The van der Waals surface area contributed by atoms with Crippen LogP contribution in [0.5, 0.6) is 17.2 Å². The van der Waals surface area contributed by atoms with E-state index in [4.69, 9.17) is 14.2 Å². The third-order valence-corrected chi connectivity index (χ3v) is 5.29. The average molecular weight is 424 g/mol. The molecular formula is C21H20N4O4S. The van der Waals surface area contributed by atoms with E-state index in [1.54, 1.807) is 43.2 Å². The maximum atomic E-state index is 12.4. The third kappa shape index (κ3) is 4.20. The molecule has 1 amide bonds. The van der Waals surface area contributed by atoms with Gasteiger partial charge in [0.1, 0.15) is 23.1 Å². The zero-order chi connectivity index (χ0) is 21.1. The summed E-state index contributed by atoms with van der Waals surface area (Å²) in [5, 5.41) is 7.97. The fourth-order valence-electron chi connectivity index (χ4n) is 2.87. The van der Waals surface area contributed by atoms with Gasteiger partial charge < -0.3 is 19.5 Å². The van der Waals surface area contributed by atoms with Crippen molar-refractivity contribution in [1.29, 1.82) is 0 Å². The fraction of sp³-hybridized carbons (Fsp3) is 0.190. The number of nitrogens with zero attached hydrogens (tertiary/aromatic N) is 3. The van der Waals surface area contributed by atoms with Gasteiger partial charge in [-0.05, 0) is 31.2 Å². The summed E-state index contributed by atoms with van der Waals surface area (Å²) < 4.78 is 18.6. The number of carbonyl (C=O) groups excluding carboxylic acids is 1.